The molecule has 86 valence electrons. The average Bonchev–Trinajstić information content (AvgIpc) is 2.91. The van der Waals surface area contributed by atoms with E-state index in [1.165, 1.54) is 0 Å². The largest absolute Gasteiger partial charge is 0.381 e. The van der Waals surface area contributed by atoms with Crippen LogP contribution in [-0.2, 0) is 4.74 Å². The van der Waals surface area contributed by atoms with E-state index in [-0.39, 0.29) is 11.7 Å². The second-order valence-electron chi connectivity index (χ2n) is 4.33. The summed E-state index contributed by atoms with van der Waals surface area (Å²) in [5, 5.41) is 2.00. The average molecular weight is 227 g/mol. The molecule has 1 unspecified atom stereocenters. The van der Waals surface area contributed by atoms with E-state index < -0.39 is 0 Å². The van der Waals surface area contributed by atoms with Crippen molar-refractivity contribution < 1.29 is 9.53 Å². The zero-order chi connectivity index (χ0) is 11.7. The fourth-order valence-electron chi connectivity index (χ4n) is 2.27. The van der Waals surface area contributed by atoms with Gasteiger partial charge in [0.15, 0.2) is 5.78 Å². The Kier molecular flexibility index (Phi) is 2.61. The topological polar surface area (TPSA) is 39.2 Å². The second kappa shape index (κ2) is 4.26. The quantitative estimate of drug-likeness (QED) is 0.740. The van der Waals surface area contributed by atoms with Crippen LogP contribution in [0.5, 0.6) is 0 Å². The van der Waals surface area contributed by atoms with Crippen LogP contribution in [0.3, 0.4) is 0 Å². The lowest BCUT2D eigenvalue weighted by Gasteiger charge is -2.08. The summed E-state index contributed by atoms with van der Waals surface area (Å²) in [5.41, 5.74) is 0.721. The Morgan fingerprint density at radius 1 is 1.29 bits per heavy atom. The first-order valence-electron chi connectivity index (χ1n) is 5.81. The van der Waals surface area contributed by atoms with Gasteiger partial charge in [0.05, 0.1) is 6.61 Å². The Labute approximate surface area is 99.4 Å². The summed E-state index contributed by atoms with van der Waals surface area (Å²) in [7, 11) is 0. The molecule has 1 aliphatic rings. The maximum absolute atomic E-state index is 12.3. The van der Waals surface area contributed by atoms with E-state index in [0.29, 0.717) is 13.2 Å². The molecule has 1 aliphatic heterocycles. The molecule has 1 atom stereocenters. The molecule has 2 aromatic rings. The predicted octanol–water partition coefficient (Wildman–Crippen LogP) is 2.45. The summed E-state index contributed by atoms with van der Waals surface area (Å²) in [6, 6.07) is 7.85. The number of carbonyl (C=O) groups is 1. The van der Waals surface area contributed by atoms with Gasteiger partial charge in [0.2, 0.25) is 0 Å². The summed E-state index contributed by atoms with van der Waals surface area (Å²) in [6.07, 6.45) is 4.28. The summed E-state index contributed by atoms with van der Waals surface area (Å²) < 4.78 is 5.27. The highest BCUT2D eigenvalue weighted by molar-refractivity contribution is 6.08. The molecular weight excluding hydrogens is 214 g/mol. The molecule has 1 fully saturated rings. The third-order valence-corrected chi connectivity index (χ3v) is 3.23. The SMILES string of the molecule is O=C(c1cncc2ccccc12)C1CCOC1. The van der Waals surface area contributed by atoms with Crippen molar-refractivity contribution in [3.63, 3.8) is 0 Å². The first-order valence-corrected chi connectivity index (χ1v) is 5.81. The number of nitrogens with zero attached hydrogens (tertiary/aromatic N) is 1. The fraction of sp³-hybridized carbons (Fsp3) is 0.286. The lowest BCUT2D eigenvalue weighted by molar-refractivity contribution is 0.0901. The Hall–Kier alpha value is -1.74. The van der Waals surface area contributed by atoms with E-state index in [2.05, 4.69) is 4.98 Å². The van der Waals surface area contributed by atoms with Crippen LogP contribution in [0, 0.1) is 5.92 Å². The second-order valence-corrected chi connectivity index (χ2v) is 4.33. The van der Waals surface area contributed by atoms with Crippen LogP contribution in [-0.4, -0.2) is 24.0 Å². The van der Waals surface area contributed by atoms with Crippen LogP contribution in [0.4, 0.5) is 0 Å². The fourth-order valence-corrected chi connectivity index (χ4v) is 2.27. The first-order chi connectivity index (χ1) is 8.36. The van der Waals surface area contributed by atoms with Crippen LogP contribution in [0.1, 0.15) is 16.8 Å². The molecule has 1 saturated heterocycles. The van der Waals surface area contributed by atoms with Crippen LogP contribution >= 0.6 is 0 Å². The van der Waals surface area contributed by atoms with Crippen molar-refractivity contribution in [2.45, 2.75) is 6.42 Å². The van der Waals surface area contributed by atoms with Crippen molar-refractivity contribution in [3.8, 4) is 0 Å². The van der Waals surface area contributed by atoms with Gasteiger partial charge in [0.25, 0.3) is 0 Å². The van der Waals surface area contributed by atoms with Gasteiger partial charge < -0.3 is 4.74 Å². The lowest BCUT2D eigenvalue weighted by Crippen LogP contribution is -2.15. The predicted molar refractivity (Wildman–Crippen MR) is 65.0 cm³/mol. The van der Waals surface area contributed by atoms with Gasteiger partial charge in [-0.25, -0.2) is 0 Å². The van der Waals surface area contributed by atoms with Crippen molar-refractivity contribution in [3.05, 3.63) is 42.2 Å². The van der Waals surface area contributed by atoms with E-state index in [9.17, 15) is 4.79 Å². The van der Waals surface area contributed by atoms with Crippen LogP contribution < -0.4 is 0 Å². The molecule has 3 heteroatoms. The highest BCUT2D eigenvalue weighted by atomic mass is 16.5. The number of fused-ring (bicyclic) bond motifs is 1. The number of Topliss-reactive ketones (excluding diaryl/α,β-unsaturated/α-hetero) is 1. The molecule has 0 saturated carbocycles. The minimum absolute atomic E-state index is 0.00241. The summed E-state index contributed by atoms with van der Waals surface area (Å²) in [4.78, 5) is 16.5. The number of hydrogen-bond acceptors (Lipinski definition) is 3. The minimum Gasteiger partial charge on any atom is -0.381 e. The van der Waals surface area contributed by atoms with E-state index in [0.717, 1.165) is 22.8 Å². The minimum atomic E-state index is 0.00241. The highest BCUT2D eigenvalue weighted by Crippen LogP contribution is 2.23. The smallest absolute Gasteiger partial charge is 0.170 e. The molecule has 1 aromatic heterocycles. The molecule has 3 nitrogen and oxygen atoms in total. The number of benzene rings is 1. The van der Waals surface area contributed by atoms with Gasteiger partial charge in [-0.3, -0.25) is 9.78 Å². The molecule has 3 rings (SSSR count). The molecule has 0 N–H and O–H groups in total. The van der Waals surface area contributed by atoms with Crippen LogP contribution in [0.15, 0.2) is 36.7 Å². The number of ether oxygens (including phenoxy) is 1. The molecule has 2 heterocycles. The van der Waals surface area contributed by atoms with Gasteiger partial charge in [0.1, 0.15) is 0 Å². The molecule has 1 aromatic carbocycles. The number of rotatable bonds is 2. The molecular formula is C14H13NO2. The van der Waals surface area contributed by atoms with Crippen LogP contribution in [0.25, 0.3) is 10.8 Å². The van der Waals surface area contributed by atoms with Gasteiger partial charge in [-0.15, -0.1) is 0 Å². The Morgan fingerprint density at radius 3 is 3.00 bits per heavy atom. The molecule has 0 radical (unpaired) electrons. The Morgan fingerprint density at radius 2 is 2.18 bits per heavy atom. The number of aromatic nitrogens is 1. The zero-order valence-corrected chi connectivity index (χ0v) is 9.43. The van der Waals surface area contributed by atoms with Crippen LogP contribution in [0.2, 0.25) is 0 Å². The molecule has 0 bridgehead atoms. The standard InChI is InChI=1S/C14H13NO2/c16-14(11-5-6-17-9-11)13-8-15-7-10-3-1-2-4-12(10)13/h1-4,7-8,11H,5-6,9H2. The third kappa shape index (κ3) is 1.83. The van der Waals surface area contributed by atoms with Gasteiger partial charge >= 0.3 is 0 Å². The molecule has 0 aliphatic carbocycles. The normalized spacial score (nSPS) is 19.6. The monoisotopic (exact) mass is 227 g/mol. The van der Waals surface area contributed by atoms with Crippen molar-refractivity contribution in [1.29, 1.82) is 0 Å². The summed E-state index contributed by atoms with van der Waals surface area (Å²) >= 11 is 0. The van der Waals surface area contributed by atoms with Gasteiger partial charge in [-0.2, -0.15) is 0 Å². The maximum Gasteiger partial charge on any atom is 0.170 e. The van der Waals surface area contributed by atoms with E-state index in [4.69, 9.17) is 4.74 Å². The van der Waals surface area contributed by atoms with Crippen molar-refractivity contribution in [2.24, 2.45) is 5.92 Å². The van der Waals surface area contributed by atoms with Gasteiger partial charge in [-0.1, -0.05) is 24.3 Å². The highest BCUT2D eigenvalue weighted by Gasteiger charge is 2.25. The molecule has 17 heavy (non-hydrogen) atoms. The number of ketones is 1. The lowest BCUT2D eigenvalue weighted by atomic mass is 9.95. The number of pyridine rings is 1. The third-order valence-electron chi connectivity index (χ3n) is 3.23. The molecule has 0 amide bonds. The Balaban J connectivity index is 2.07. The van der Waals surface area contributed by atoms with E-state index in [1.54, 1.807) is 12.4 Å². The van der Waals surface area contributed by atoms with Gasteiger partial charge in [-0.05, 0) is 11.8 Å². The first kappa shape index (κ1) is 10.4. The summed E-state index contributed by atoms with van der Waals surface area (Å²) in [5.74, 6) is 0.161. The van der Waals surface area contributed by atoms with E-state index >= 15 is 0 Å². The van der Waals surface area contributed by atoms with Crippen molar-refractivity contribution in [2.75, 3.05) is 13.2 Å². The summed E-state index contributed by atoms with van der Waals surface area (Å²) in [6.45, 7) is 1.23. The number of hydrogen-bond donors (Lipinski definition) is 0. The Bertz CT molecular complexity index is 554. The van der Waals surface area contributed by atoms with E-state index in [1.807, 2.05) is 24.3 Å². The number of carbonyl (C=O) groups excluding carboxylic acids is 1. The molecule has 0 spiro atoms. The maximum atomic E-state index is 12.3. The van der Waals surface area contributed by atoms with Gasteiger partial charge in [0, 0.05) is 35.9 Å². The van der Waals surface area contributed by atoms with Crippen molar-refractivity contribution in [1.82, 2.24) is 4.98 Å². The van der Waals surface area contributed by atoms with Crippen molar-refractivity contribution >= 4 is 16.6 Å². The zero-order valence-electron chi connectivity index (χ0n) is 9.43.